The topological polar surface area (TPSA) is 113 Å². The average Bonchev–Trinajstić information content (AvgIpc) is 2.85. The Balaban J connectivity index is 1.66. The number of hydrogen-bond acceptors (Lipinski definition) is 6. The normalized spacial score (nSPS) is 11.2. The molecule has 0 bridgehead atoms. The third-order valence-corrected chi connectivity index (χ3v) is 4.67. The monoisotopic (exact) mass is 420 g/mol. The number of nitriles is 2. The molecule has 0 atom stereocenters. The van der Waals surface area contributed by atoms with Crippen LogP contribution in [-0.2, 0) is 0 Å². The predicted octanol–water partition coefficient (Wildman–Crippen LogP) is 4.42. The van der Waals surface area contributed by atoms with Crippen molar-refractivity contribution in [3.8, 4) is 12.1 Å². The van der Waals surface area contributed by atoms with E-state index in [1.165, 1.54) is 0 Å². The molecule has 7 nitrogen and oxygen atoms in total. The van der Waals surface area contributed by atoms with Crippen molar-refractivity contribution in [3.05, 3.63) is 101 Å². The molecule has 156 valence electrons. The van der Waals surface area contributed by atoms with E-state index in [4.69, 9.17) is 10.5 Å². The van der Waals surface area contributed by atoms with Crippen LogP contribution in [0, 0.1) is 22.7 Å². The van der Waals surface area contributed by atoms with Crippen molar-refractivity contribution in [2.45, 2.75) is 13.8 Å². The molecule has 0 heterocycles. The molecule has 1 amide bonds. The van der Waals surface area contributed by atoms with Crippen molar-refractivity contribution >= 4 is 23.0 Å². The van der Waals surface area contributed by atoms with Gasteiger partial charge < -0.3 is 0 Å². The number of hydrogen-bond donors (Lipinski definition) is 2. The van der Waals surface area contributed by atoms with E-state index in [1.807, 2.05) is 19.1 Å². The fourth-order valence-electron chi connectivity index (χ4n) is 2.78. The zero-order valence-corrected chi connectivity index (χ0v) is 17.6. The molecule has 0 aliphatic heterocycles. The van der Waals surface area contributed by atoms with Crippen LogP contribution in [0.15, 0.2) is 83.0 Å². The summed E-state index contributed by atoms with van der Waals surface area (Å²) in [6, 6.07) is 25.2. The number of benzene rings is 3. The van der Waals surface area contributed by atoms with E-state index >= 15 is 0 Å². The molecule has 2 N–H and O–H groups in total. The average molecular weight is 420 g/mol. The van der Waals surface area contributed by atoms with Crippen LogP contribution in [0.25, 0.3) is 0 Å². The molecular weight excluding hydrogens is 400 g/mol. The number of anilines is 1. The highest BCUT2D eigenvalue weighted by Crippen LogP contribution is 2.12. The summed E-state index contributed by atoms with van der Waals surface area (Å²) in [5.41, 5.74) is 10.8. The number of amides is 1. The Bertz CT molecular complexity index is 1260. The van der Waals surface area contributed by atoms with E-state index in [0.29, 0.717) is 28.1 Å². The highest BCUT2D eigenvalue weighted by Gasteiger charge is 2.06. The number of nitrogens with zero attached hydrogens (tertiary/aromatic N) is 4. The number of rotatable bonds is 6. The van der Waals surface area contributed by atoms with Crippen molar-refractivity contribution in [1.82, 2.24) is 5.43 Å². The van der Waals surface area contributed by atoms with Gasteiger partial charge >= 0.3 is 0 Å². The van der Waals surface area contributed by atoms with Gasteiger partial charge in [-0.2, -0.15) is 20.7 Å². The van der Waals surface area contributed by atoms with Gasteiger partial charge in [-0.1, -0.05) is 30.3 Å². The first kappa shape index (κ1) is 21.9. The minimum Gasteiger partial charge on any atom is -0.278 e. The number of nitrogens with one attached hydrogen (secondary N) is 2. The number of carbonyl (C=O) groups is 1. The molecule has 0 aliphatic rings. The first-order chi connectivity index (χ1) is 15.5. The highest BCUT2D eigenvalue weighted by atomic mass is 16.2. The molecular formula is C25H20N6O. The summed E-state index contributed by atoms with van der Waals surface area (Å²) >= 11 is 0. The summed E-state index contributed by atoms with van der Waals surface area (Å²) < 4.78 is 0. The summed E-state index contributed by atoms with van der Waals surface area (Å²) in [7, 11) is 0. The fraction of sp³-hybridized carbons (Fsp3) is 0.0800. The lowest BCUT2D eigenvalue weighted by molar-refractivity contribution is 0.0955. The van der Waals surface area contributed by atoms with E-state index in [-0.39, 0.29) is 5.91 Å². The van der Waals surface area contributed by atoms with E-state index in [2.05, 4.69) is 33.2 Å². The van der Waals surface area contributed by atoms with Crippen molar-refractivity contribution < 1.29 is 4.79 Å². The first-order valence-electron chi connectivity index (χ1n) is 9.76. The Labute approximate surface area is 186 Å². The third kappa shape index (κ3) is 5.65. The van der Waals surface area contributed by atoms with Gasteiger partial charge in [-0.15, -0.1) is 0 Å². The van der Waals surface area contributed by atoms with Gasteiger partial charge in [0, 0.05) is 5.56 Å². The lowest BCUT2D eigenvalue weighted by Crippen LogP contribution is -2.19. The zero-order chi connectivity index (χ0) is 22.9. The maximum absolute atomic E-state index is 12.5. The Morgan fingerprint density at radius 3 is 1.81 bits per heavy atom. The van der Waals surface area contributed by atoms with Crippen molar-refractivity contribution in [2.75, 3.05) is 5.43 Å². The summed E-state index contributed by atoms with van der Waals surface area (Å²) in [5, 5.41) is 26.3. The molecule has 0 fully saturated rings. The Morgan fingerprint density at radius 1 is 0.750 bits per heavy atom. The van der Waals surface area contributed by atoms with Gasteiger partial charge in [0.2, 0.25) is 0 Å². The SMILES string of the molecule is C/C(=N\NC(=O)c1cccc(N/N=C(\C)c2ccc(C#N)cc2)c1)c1ccc(C#N)cc1. The maximum atomic E-state index is 12.5. The quantitative estimate of drug-likeness (QED) is 0.454. The van der Waals surface area contributed by atoms with Gasteiger partial charge in [-0.25, -0.2) is 5.43 Å². The van der Waals surface area contributed by atoms with Gasteiger partial charge in [0.05, 0.1) is 40.4 Å². The van der Waals surface area contributed by atoms with E-state index in [0.717, 1.165) is 16.8 Å². The first-order valence-corrected chi connectivity index (χ1v) is 9.76. The maximum Gasteiger partial charge on any atom is 0.271 e. The second kappa shape index (κ2) is 10.3. The minimum absolute atomic E-state index is 0.352. The van der Waals surface area contributed by atoms with Crippen molar-refractivity contribution in [2.24, 2.45) is 10.2 Å². The zero-order valence-electron chi connectivity index (χ0n) is 17.6. The van der Waals surface area contributed by atoms with Crippen LogP contribution in [0.1, 0.15) is 46.5 Å². The Morgan fingerprint density at radius 2 is 1.28 bits per heavy atom. The minimum atomic E-state index is -0.352. The lowest BCUT2D eigenvalue weighted by atomic mass is 10.1. The van der Waals surface area contributed by atoms with Gasteiger partial charge in [-0.05, 0) is 67.4 Å². The van der Waals surface area contributed by atoms with Crippen LogP contribution in [-0.4, -0.2) is 17.3 Å². The standard InChI is InChI=1S/C25H20N6O/c1-17(21-10-6-19(15-26)7-11-21)28-30-24-5-3-4-23(14-24)25(32)31-29-18(2)22-12-8-20(16-27)9-13-22/h3-14,30H,1-2H3,(H,31,32)/b28-17+,29-18+. The second-order valence-corrected chi connectivity index (χ2v) is 6.91. The summed E-state index contributed by atoms with van der Waals surface area (Å²) in [4.78, 5) is 12.5. The second-order valence-electron chi connectivity index (χ2n) is 6.91. The van der Waals surface area contributed by atoms with Gasteiger partial charge in [0.1, 0.15) is 0 Å². The summed E-state index contributed by atoms with van der Waals surface area (Å²) in [6.45, 7) is 3.63. The summed E-state index contributed by atoms with van der Waals surface area (Å²) in [5.74, 6) is -0.352. The molecule has 32 heavy (non-hydrogen) atoms. The molecule has 0 aliphatic carbocycles. The van der Waals surface area contributed by atoms with Gasteiger partial charge in [0.15, 0.2) is 0 Å². The van der Waals surface area contributed by atoms with Crippen molar-refractivity contribution in [3.63, 3.8) is 0 Å². The molecule has 0 aromatic heterocycles. The Hall–Kier alpha value is -4.75. The molecule has 0 spiro atoms. The van der Waals surface area contributed by atoms with Crippen molar-refractivity contribution in [1.29, 1.82) is 10.5 Å². The molecule has 3 rings (SSSR count). The summed E-state index contributed by atoms with van der Waals surface area (Å²) in [6.07, 6.45) is 0. The molecule has 7 heteroatoms. The van der Waals surface area contributed by atoms with Crippen LogP contribution in [0.5, 0.6) is 0 Å². The van der Waals surface area contributed by atoms with E-state index < -0.39 is 0 Å². The van der Waals surface area contributed by atoms with Crippen LogP contribution < -0.4 is 10.9 Å². The third-order valence-electron chi connectivity index (χ3n) is 4.67. The Kier molecular flexibility index (Phi) is 7.09. The lowest BCUT2D eigenvalue weighted by Gasteiger charge is -2.07. The number of carbonyl (C=O) groups excluding carboxylic acids is 1. The van der Waals surface area contributed by atoms with Gasteiger partial charge in [0.25, 0.3) is 5.91 Å². The van der Waals surface area contributed by atoms with E-state index in [1.54, 1.807) is 67.6 Å². The van der Waals surface area contributed by atoms with Crippen LogP contribution in [0.3, 0.4) is 0 Å². The highest BCUT2D eigenvalue weighted by molar-refractivity contribution is 6.01. The largest absolute Gasteiger partial charge is 0.278 e. The number of hydrazone groups is 2. The molecule has 0 unspecified atom stereocenters. The molecule has 0 radical (unpaired) electrons. The van der Waals surface area contributed by atoms with Crippen LogP contribution in [0.2, 0.25) is 0 Å². The van der Waals surface area contributed by atoms with E-state index in [9.17, 15) is 4.79 Å². The smallest absolute Gasteiger partial charge is 0.271 e. The van der Waals surface area contributed by atoms with Gasteiger partial charge in [-0.3, -0.25) is 10.2 Å². The molecule has 0 saturated carbocycles. The predicted molar refractivity (Wildman–Crippen MR) is 124 cm³/mol. The van der Waals surface area contributed by atoms with Crippen LogP contribution >= 0.6 is 0 Å². The van der Waals surface area contributed by atoms with Crippen LogP contribution in [0.4, 0.5) is 5.69 Å². The molecule has 3 aromatic rings. The fourth-order valence-corrected chi connectivity index (χ4v) is 2.78. The molecule has 0 saturated heterocycles. The molecule has 3 aromatic carbocycles.